The van der Waals surface area contributed by atoms with Gasteiger partial charge in [-0.2, -0.15) is 5.10 Å². The zero-order chi connectivity index (χ0) is 25.2. The van der Waals surface area contributed by atoms with Crippen LogP contribution in [0.3, 0.4) is 0 Å². The number of halogens is 2. The number of likely N-dealkylation sites (N-methyl/N-ethyl adjacent to an activating group) is 1. The van der Waals surface area contributed by atoms with E-state index in [0.29, 0.717) is 25.1 Å². The Morgan fingerprint density at radius 1 is 1.21 bits per heavy atom. The number of carbonyl (C=O) groups is 1. The van der Waals surface area contributed by atoms with E-state index < -0.39 is 32.5 Å². The molecule has 0 aliphatic carbocycles. The minimum atomic E-state index is -4.30. The minimum absolute atomic E-state index is 0.129. The number of rotatable bonds is 9. The molecule has 1 aromatic carbocycles. The summed E-state index contributed by atoms with van der Waals surface area (Å²) in [5.74, 6) is -3.65. The van der Waals surface area contributed by atoms with Gasteiger partial charge in [0.1, 0.15) is 11.4 Å². The van der Waals surface area contributed by atoms with Crippen molar-refractivity contribution in [3.05, 3.63) is 64.6 Å². The van der Waals surface area contributed by atoms with Gasteiger partial charge < -0.3 is 10.0 Å². The standard InChI is InChI=1S/C22H25F2N5O4S/c1-5-29-14(3)17(13(2)26-29)8-9-28(4)21-18(22(30)31)10-15(12-25-21)27-34(32,33)16-6-7-19(23)20(24)11-16/h6-7,10-12,27H,5,8-9H2,1-4H3,(H,30,31). The average Bonchev–Trinajstić information content (AvgIpc) is 3.06. The van der Waals surface area contributed by atoms with Gasteiger partial charge in [-0.15, -0.1) is 0 Å². The monoisotopic (exact) mass is 493 g/mol. The maximum atomic E-state index is 13.5. The first-order chi connectivity index (χ1) is 15.9. The predicted octanol–water partition coefficient (Wildman–Crippen LogP) is 3.37. The van der Waals surface area contributed by atoms with Gasteiger partial charge in [-0.3, -0.25) is 9.40 Å². The van der Waals surface area contributed by atoms with Gasteiger partial charge in [-0.25, -0.2) is 27.0 Å². The molecule has 2 heterocycles. The van der Waals surface area contributed by atoms with Crippen molar-refractivity contribution in [3.63, 3.8) is 0 Å². The van der Waals surface area contributed by atoms with Crippen molar-refractivity contribution in [2.75, 3.05) is 23.2 Å². The molecule has 0 atom stereocenters. The fourth-order valence-corrected chi connectivity index (χ4v) is 4.67. The molecule has 2 N–H and O–H groups in total. The number of aromatic nitrogens is 3. The number of carboxylic acids is 1. The smallest absolute Gasteiger partial charge is 0.339 e. The number of anilines is 2. The van der Waals surface area contributed by atoms with Crippen LogP contribution in [0.15, 0.2) is 35.4 Å². The Labute approximate surface area is 196 Å². The second-order valence-electron chi connectivity index (χ2n) is 7.72. The van der Waals surface area contributed by atoms with Crippen LogP contribution in [0.2, 0.25) is 0 Å². The Balaban J connectivity index is 1.83. The lowest BCUT2D eigenvalue weighted by molar-refractivity contribution is 0.0697. The number of sulfonamides is 1. The number of hydrogen-bond acceptors (Lipinski definition) is 6. The topological polar surface area (TPSA) is 117 Å². The molecule has 0 bridgehead atoms. The third-order valence-corrected chi connectivity index (χ3v) is 6.82. The van der Waals surface area contributed by atoms with Crippen LogP contribution in [0.25, 0.3) is 0 Å². The Morgan fingerprint density at radius 2 is 1.91 bits per heavy atom. The van der Waals surface area contributed by atoms with Crippen molar-refractivity contribution in [2.24, 2.45) is 0 Å². The number of pyridine rings is 1. The normalized spacial score (nSPS) is 11.5. The molecule has 12 heteroatoms. The fraction of sp³-hybridized carbons (Fsp3) is 0.318. The summed E-state index contributed by atoms with van der Waals surface area (Å²) in [7, 11) is -2.61. The van der Waals surface area contributed by atoms with Crippen molar-refractivity contribution in [1.29, 1.82) is 0 Å². The van der Waals surface area contributed by atoms with E-state index in [4.69, 9.17) is 0 Å². The van der Waals surface area contributed by atoms with E-state index in [1.807, 2.05) is 25.5 Å². The summed E-state index contributed by atoms with van der Waals surface area (Å²) in [5, 5.41) is 14.2. The highest BCUT2D eigenvalue weighted by Gasteiger charge is 2.21. The molecule has 0 aliphatic heterocycles. The molecule has 0 fully saturated rings. The van der Waals surface area contributed by atoms with E-state index in [9.17, 15) is 27.1 Å². The van der Waals surface area contributed by atoms with E-state index in [1.54, 1.807) is 11.9 Å². The lowest BCUT2D eigenvalue weighted by atomic mass is 10.1. The summed E-state index contributed by atoms with van der Waals surface area (Å²) >= 11 is 0. The van der Waals surface area contributed by atoms with E-state index in [1.165, 1.54) is 6.20 Å². The van der Waals surface area contributed by atoms with Crippen LogP contribution in [-0.2, 0) is 23.0 Å². The Kier molecular flexibility index (Phi) is 7.20. The van der Waals surface area contributed by atoms with E-state index in [0.717, 1.165) is 35.6 Å². The molecule has 9 nitrogen and oxygen atoms in total. The first-order valence-electron chi connectivity index (χ1n) is 10.4. The fourth-order valence-electron chi connectivity index (χ4n) is 3.62. The molecule has 2 aromatic heterocycles. The largest absolute Gasteiger partial charge is 0.478 e. The van der Waals surface area contributed by atoms with Crippen LogP contribution in [0.4, 0.5) is 20.3 Å². The highest BCUT2D eigenvalue weighted by molar-refractivity contribution is 7.92. The second-order valence-corrected chi connectivity index (χ2v) is 9.40. The van der Waals surface area contributed by atoms with Crippen LogP contribution >= 0.6 is 0 Å². The maximum absolute atomic E-state index is 13.5. The summed E-state index contributed by atoms with van der Waals surface area (Å²) in [5.41, 5.74) is 2.67. The van der Waals surface area contributed by atoms with Gasteiger partial charge in [0.15, 0.2) is 11.6 Å². The van der Waals surface area contributed by atoms with Crippen molar-refractivity contribution >= 4 is 27.5 Å². The van der Waals surface area contributed by atoms with Crippen LogP contribution in [0, 0.1) is 25.5 Å². The second kappa shape index (κ2) is 9.75. The van der Waals surface area contributed by atoms with Crippen LogP contribution in [0.1, 0.15) is 34.2 Å². The quantitative estimate of drug-likeness (QED) is 0.469. The predicted molar refractivity (Wildman–Crippen MR) is 123 cm³/mol. The van der Waals surface area contributed by atoms with E-state index in [2.05, 4.69) is 14.8 Å². The van der Waals surface area contributed by atoms with Gasteiger partial charge in [0.25, 0.3) is 10.0 Å². The van der Waals surface area contributed by atoms with Crippen LogP contribution in [0.5, 0.6) is 0 Å². The first-order valence-corrected chi connectivity index (χ1v) is 11.9. The molecule has 0 unspecified atom stereocenters. The molecule has 182 valence electrons. The third-order valence-electron chi connectivity index (χ3n) is 5.44. The molecule has 3 rings (SSSR count). The van der Waals surface area contributed by atoms with Crippen molar-refractivity contribution in [3.8, 4) is 0 Å². The summed E-state index contributed by atoms with van der Waals surface area (Å²) < 4.78 is 55.7. The number of benzene rings is 1. The Hall–Kier alpha value is -3.54. The molecular weight excluding hydrogens is 468 g/mol. The van der Waals surface area contributed by atoms with Crippen LogP contribution in [-0.4, -0.2) is 47.9 Å². The van der Waals surface area contributed by atoms with E-state index in [-0.39, 0.29) is 17.1 Å². The molecule has 0 amide bonds. The highest BCUT2D eigenvalue weighted by Crippen LogP contribution is 2.24. The van der Waals surface area contributed by atoms with Crippen molar-refractivity contribution < 1.29 is 27.1 Å². The molecule has 0 saturated carbocycles. The molecule has 0 aliphatic rings. The summed E-state index contributed by atoms with van der Waals surface area (Å²) in [6.45, 7) is 7.09. The maximum Gasteiger partial charge on any atom is 0.339 e. The number of carboxylic acid groups (broad SMARTS) is 1. The number of hydrogen-bond donors (Lipinski definition) is 2. The van der Waals surface area contributed by atoms with Crippen molar-refractivity contribution in [1.82, 2.24) is 14.8 Å². The van der Waals surface area contributed by atoms with Crippen LogP contribution < -0.4 is 9.62 Å². The molecule has 0 radical (unpaired) electrons. The zero-order valence-corrected chi connectivity index (χ0v) is 19.9. The van der Waals surface area contributed by atoms with Gasteiger partial charge in [-0.1, -0.05) is 0 Å². The van der Waals surface area contributed by atoms with E-state index >= 15 is 0 Å². The van der Waals surface area contributed by atoms with Gasteiger partial charge in [0, 0.05) is 25.8 Å². The minimum Gasteiger partial charge on any atom is -0.478 e. The number of nitrogens with zero attached hydrogens (tertiary/aromatic N) is 4. The number of aryl methyl sites for hydroxylation is 2. The summed E-state index contributed by atoms with van der Waals surface area (Å²) in [4.78, 5) is 17.2. The average molecular weight is 494 g/mol. The summed E-state index contributed by atoms with van der Waals surface area (Å²) in [6, 6.07) is 3.26. The van der Waals surface area contributed by atoms with Gasteiger partial charge >= 0.3 is 5.97 Å². The molecule has 0 spiro atoms. The Bertz CT molecular complexity index is 1340. The SMILES string of the molecule is CCn1nc(C)c(CCN(C)c2ncc(NS(=O)(=O)c3ccc(F)c(F)c3)cc2C(=O)O)c1C. The summed E-state index contributed by atoms with van der Waals surface area (Å²) in [6.07, 6.45) is 1.78. The molecular formula is C22H25F2N5O4S. The van der Waals surface area contributed by atoms with Gasteiger partial charge in [-0.05, 0) is 57.0 Å². The third kappa shape index (κ3) is 5.16. The lowest BCUT2D eigenvalue weighted by Crippen LogP contribution is -2.24. The zero-order valence-electron chi connectivity index (χ0n) is 19.1. The van der Waals surface area contributed by atoms with Gasteiger partial charge in [0.05, 0.1) is 22.5 Å². The molecule has 0 saturated heterocycles. The molecule has 34 heavy (non-hydrogen) atoms. The molecule has 3 aromatic rings. The van der Waals surface area contributed by atoms with Gasteiger partial charge in [0.2, 0.25) is 0 Å². The first kappa shape index (κ1) is 25.1. The Morgan fingerprint density at radius 3 is 2.50 bits per heavy atom. The lowest BCUT2D eigenvalue weighted by Gasteiger charge is -2.21. The number of nitrogens with one attached hydrogen (secondary N) is 1. The van der Waals surface area contributed by atoms with Crippen molar-refractivity contribution in [2.45, 2.75) is 38.6 Å². The number of aromatic carboxylic acids is 1. The highest BCUT2D eigenvalue weighted by atomic mass is 32.2.